The van der Waals surface area contributed by atoms with Gasteiger partial charge in [0.05, 0.1) is 11.1 Å². The normalized spacial score (nSPS) is 9.45. The van der Waals surface area contributed by atoms with Gasteiger partial charge in [-0.05, 0) is 24.3 Å². The van der Waals surface area contributed by atoms with Crippen molar-refractivity contribution in [3.8, 4) is 0 Å². The van der Waals surface area contributed by atoms with Crippen LogP contribution in [0.25, 0.3) is 0 Å². The molecule has 0 amide bonds. The highest BCUT2D eigenvalue weighted by molar-refractivity contribution is 5.90. The molecule has 7 heteroatoms. The molecule has 0 N–H and O–H groups in total. The fraction of sp³-hybridized carbons (Fsp3) is 0. The van der Waals surface area contributed by atoms with Crippen molar-refractivity contribution in [1.29, 1.82) is 0 Å². The Morgan fingerprint density at radius 3 is 1.27 bits per heavy atom. The maximum atomic E-state index is 11.4. The zero-order chi connectivity index (χ0) is 15.8. The van der Waals surface area contributed by atoms with Crippen LogP contribution in [0.5, 0.6) is 0 Å². The molecule has 112 valence electrons. The minimum Gasteiger partial charge on any atom is -0.242 e. The Morgan fingerprint density at radius 1 is 0.545 bits per heavy atom. The number of carbonyl (C=O) groups is 3. The zero-order valence-corrected chi connectivity index (χ0v) is 11.1. The van der Waals surface area contributed by atoms with E-state index in [9.17, 15) is 14.4 Å². The Kier molecular flexibility index (Phi) is 5.09. The molecule has 0 aromatic heterocycles. The standard InChI is InChI=1S/C15H10O7/c16-13(11-7-3-1-4-8-11)19-21-15(18)22-20-14(17)12-9-5-2-6-10-12/h1-10H. The molecule has 7 nitrogen and oxygen atoms in total. The van der Waals surface area contributed by atoms with Gasteiger partial charge in [0.25, 0.3) is 0 Å². The van der Waals surface area contributed by atoms with Crippen LogP contribution in [0, 0.1) is 0 Å². The summed E-state index contributed by atoms with van der Waals surface area (Å²) in [6.45, 7) is 0. The van der Waals surface area contributed by atoms with Crippen LogP contribution in [0.3, 0.4) is 0 Å². The largest absolute Gasteiger partial charge is 0.592 e. The third kappa shape index (κ3) is 4.34. The van der Waals surface area contributed by atoms with Gasteiger partial charge in [-0.3, -0.25) is 0 Å². The van der Waals surface area contributed by atoms with Crippen LogP contribution in [0.15, 0.2) is 60.7 Å². The van der Waals surface area contributed by atoms with E-state index in [2.05, 4.69) is 19.6 Å². The topological polar surface area (TPSA) is 88.1 Å². The van der Waals surface area contributed by atoms with Gasteiger partial charge in [0.1, 0.15) is 0 Å². The molecule has 2 aromatic rings. The first-order valence-electron chi connectivity index (χ1n) is 6.08. The van der Waals surface area contributed by atoms with Gasteiger partial charge in [-0.1, -0.05) is 36.4 Å². The highest BCUT2D eigenvalue weighted by Crippen LogP contribution is 2.04. The molecular formula is C15H10O7. The van der Waals surface area contributed by atoms with E-state index in [1.165, 1.54) is 24.3 Å². The second-order valence-corrected chi connectivity index (χ2v) is 3.89. The molecular weight excluding hydrogens is 292 g/mol. The number of rotatable bonds is 2. The molecule has 0 saturated heterocycles. The van der Waals surface area contributed by atoms with Crippen LogP contribution >= 0.6 is 0 Å². The molecule has 0 bridgehead atoms. The molecule has 0 aliphatic carbocycles. The molecule has 0 aliphatic rings. The summed E-state index contributed by atoms with van der Waals surface area (Å²) in [5, 5.41) is 0. The van der Waals surface area contributed by atoms with Crippen molar-refractivity contribution in [2.45, 2.75) is 0 Å². The van der Waals surface area contributed by atoms with E-state index in [1.54, 1.807) is 36.4 Å². The maximum Gasteiger partial charge on any atom is 0.592 e. The van der Waals surface area contributed by atoms with E-state index in [0.717, 1.165) is 0 Å². The smallest absolute Gasteiger partial charge is 0.242 e. The highest BCUT2D eigenvalue weighted by atomic mass is 17.3. The first-order valence-corrected chi connectivity index (χ1v) is 6.08. The molecule has 22 heavy (non-hydrogen) atoms. The van der Waals surface area contributed by atoms with Gasteiger partial charge in [-0.15, -0.1) is 0 Å². The van der Waals surface area contributed by atoms with Crippen LogP contribution in [0.2, 0.25) is 0 Å². The van der Waals surface area contributed by atoms with Crippen LogP contribution in [-0.2, 0) is 19.6 Å². The lowest BCUT2D eigenvalue weighted by molar-refractivity contribution is -0.267. The van der Waals surface area contributed by atoms with Crippen molar-refractivity contribution in [3.05, 3.63) is 71.8 Å². The molecule has 0 unspecified atom stereocenters. The van der Waals surface area contributed by atoms with Gasteiger partial charge < -0.3 is 0 Å². The minimum atomic E-state index is -1.49. The fourth-order valence-electron chi connectivity index (χ4n) is 1.40. The minimum absolute atomic E-state index is 0.177. The number of carbonyl (C=O) groups excluding carboxylic acids is 3. The van der Waals surface area contributed by atoms with Gasteiger partial charge in [-0.25, -0.2) is 29.1 Å². The average molecular weight is 302 g/mol. The summed E-state index contributed by atoms with van der Waals surface area (Å²) in [7, 11) is 0. The third-order valence-electron chi connectivity index (χ3n) is 2.39. The fourth-order valence-corrected chi connectivity index (χ4v) is 1.40. The molecule has 0 saturated carbocycles. The lowest BCUT2D eigenvalue weighted by Crippen LogP contribution is -2.15. The molecule has 0 fully saturated rings. The van der Waals surface area contributed by atoms with E-state index >= 15 is 0 Å². The predicted molar refractivity (Wildman–Crippen MR) is 71.3 cm³/mol. The highest BCUT2D eigenvalue weighted by Gasteiger charge is 2.16. The predicted octanol–water partition coefficient (Wildman–Crippen LogP) is 2.68. The Balaban J connectivity index is 1.74. The molecule has 0 radical (unpaired) electrons. The lowest BCUT2D eigenvalue weighted by Gasteiger charge is -2.03. The first-order chi connectivity index (χ1) is 10.7. The molecule has 0 atom stereocenters. The first kappa shape index (κ1) is 15.0. The molecule has 0 aliphatic heterocycles. The Bertz CT molecular complexity index is 595. The number of hydrogen-bond acceptors (Lipinski definition) is 7. The quantitative estimate of drug-likeness (QED) is 0.622. The van der Waals surface area contributed by atoms with E-state index in [0.29, 0.717) is 0 Å². The van der Waals surface area contributed by atoms with Crippen molar-refractivity contribution in [3.63, 3.8) is 0 Å². The average Bonchev–Trinajstić information content (AvgIpc) is 2.59. The molecule has 2 rings (SSSR count). The van der Waals surface area contributed by atoms with Crippen LogP contribution in [0.1, 0.15) is 20.7 Å². The van der Waals surface area contributed by atoms with Crippen LogP contribution in [-0.4, -0.2) is 18.1 Å². The van der Waals surface area contributed by atoms with Gasteiger partial charge in [0, 0.05) is 0 Å². The molecule has 0 heterocycles. The van der Waals surface area contributed by atoms with Gasteiger partial charge in [-0.2, -0.15) is 4.79 Å². The second-order valence-electron chi connectivity index (χ2n) is 3.89. The van der Waals surface area contributed by atoms with Gasteiger partial charge in [0.15, 0.2) is 0 Å². The van der Waals surface area contributed by atoms with E-state index in [-0.39, 0.29) is 11.1 Å². The summed E-state index contributed by atoms with van der Waals surface area (Å²) in [6, 6.07) is 15.7. The van der Waals surface area contributed by atoms with Crippen LogP contribution < -0.4 is 0 Å². The summed E-state index contributed by atoms with van der Waals surface area (Å²) in [5.41, 5.74) is 0.355. The van der Waals surface area contributed by atoms with Gasteiger partial charge in [0.2, 0.25) is 0 Å². The van der Waals surface area contributed by atoms with Crippen molar-refractivity contribution in [2.24, 2.45) is 0 Å². The summed E-state index contributed by atoms with van der Waals surface area (Å²) in [5.74, 6) is -1.79. The van der Waals surface area contributed by atoms with Crippen LogP contribution in [0.4, 0.5) is 4.79 Å². The summed E-state index contributed by atoms with van der Waals surface area (Å²) in [4.78, 5) is 50.6. The van der Waals surface area contributed by atoms with Crippen molar-refractivity contribution in [1.82, 2.24) is 0 Å². The zero-order valence-electron chi connectivity index (χ0n) is 11.1. The maximum absolute atomic E-state index is 11.4. The summed E-state index contributed by atoms with van der Waals surface area (Å²) in [6.07, 6.45) is -1.49. The SMILES string of the molecule is O=C(OOC(=O)c1ccccc1)OOC(=O)c1ccccc1. The molecule has 0 spiro atoms. The van der Waals surface area contributed by atoms with Crippen molar-refractivity contribution < 1.29 is 33.9 Å². The lowest BCUT2D eigenvalue weighted by atomic mass is 10.2. The van der Waals surface area contributed by atoms with Gasteiger partial charge >= 0.3 is 18.1 Å². The second kappa shape index (κ2) is 7.44. The third-order valence-corrected chi connectivity index (χ3v) is 2.39. The summed E-state index contributed by atoms with van der Waals surface area (Å²) >= 11 is 0. The van der Waals surface area contributed by atoms with E-state index in [1.807, 2.05) is 0 Å². The van der Waals surface area contributed by atoms with E-state index < -0.39 is 18.1 Å². The monoisotopic (exact) mass is 302 g/mol. The Morgan fingerprint density at radius 2 is 0.909 bits per heavy atom. The van der Waals surface area contributed by atoms with Crippen molar-refractivity contribution in [2.75, 3.05) is 0 Å². The Labute approximate surface area is 124 Å². The summed E-state index contributed by atoms with van der Waals surface area (Å²) < 4.78 is 0. The van der Waals surface area contributed by atoms with E-state index in [4.69, 9.17) is 0 Å². The Hall–Kier alpha value is -3.35. The number of hydrogen-bond donors (Lipinski definition) is 0. The molecule has 2 aromatic carbocycles. The van der Waals surface area contributed by atoms with Crippen molar-refractivity contribution >= 4 is 18.1 Å². The number of benzene rings is 2.